The Kier molecular flexibility index (Phi) is 6.07. The van der Waals surface area contributed by atoms with E-state index in [1.165, 1.54) is 55.6 Å². The summed E-state index contributed by atoms with van der Waals surface area (Å²) in [6, 6.07) is 0. The molecule has 3 rings (SSSR count). The Balaban J connectivity index is 1.45. The van der Waals surface area contributed by atoms with Gasteiger partial charge in [0.1, 0.15) is 13.3 Å². The molecule has 0 amide bonds. The van der Waals surface area contributed by atoms with Gasteiger partial charge in [-0.3, -0.25) is 0 Å². The lowest BCUT2D eigenvalue weighted by Gasteiger charge is -2.26. The molecule has 22 heavy (non-hydrogen) atoms. The van der Waals surface area contributed by atoms with E-state index in [0.717, 1.165) is 31.8 Å². The number of ether oxygens (including phenoxy) is 1. The summed E-state index contributed by atoms with van der Waals surface area (Å²) in [6.07, 6.45) is 10.6. The molecule has 0 spiro atoms. The van der Waals surface area contributed by atoms with E-state index < -0.39 is 6.67 Å². The van der Waals surface area contributed by atoms with Crippen LogP contribution in [-0.2, 0) is 12.8 Å². The third-order valence-electron chi connectivity index (χ3n) is 4.96. The van der Waals surface area contributed by atoms with E-state index in [-0.39, 0.29) is 6.61 Å². The Morgan fingerprint density at radius 2 is 2.00 bits per heavy atom. The molecule has 1 fully saturated rings. The SMILES string of the molecule is FCCOc1nc2c(s1)CCN(CCC1CCCCC1)CC2. The summed E-state index contributed by atoms with van der Waals surface area (Å²) in [5.41, 5.74) is 1.18. The largest absolute Gasteiger partial charge is 0.467 e. The van der Waals surface area contributed by atoms with Gasteiger partial charge in [-0.15, -0.1) is 0 Å². The van der Waals surface area contributed by atoms with Crippen LogP contribution < -0.4 is 4.74 Å². The molecule has 0 unspecified atom stereocenters. The summed E-state index contributed by atoms with van der Waals surface area (Å²) in [6.45, 7) is 3.15. The predicted octanol–water partition coefficient (Wildman–Crippen LogP) is 3.86. The number of fused-ring (bicyclic) bond motifs is 1. The minimum Gasteiger partial charge on any atom is -0.467 e. The second kappa shape index (κ2) is 8.25. The van der Waals surface area contributed by atoms with Gasteiger partial charge in [-0.25, -0.2) is 9.37 Å². The van der Waals surface area contributed by atoms with Crippen molar-refractivity contribution in [2.24, 2.45) is 5.92 Å². The van der Waals surface area contributed by atoms with Crippen LogP contribution in [-0.4, -0.2) is 42.8 Å². The fraction of sp³-hybridized carbons (Fsp3) is 0.824. The molecule has 0 aromatic carbocycles. The first-order valence-electron chi connectivity index (χ1n) is 8.75. The average molecular weight is 326 g/mol. The van der Waals surface area contributed by atoms with Gasteiger partial charge in [0.25, 0.3) is 5.19 Å². The van der Waals surface area contributed by atoms with Crippen LogP contribution in [0.3, 0.4) is 0 Å². The van der Waals surface area contributed by atoms with Crippen molar-refractivity contribution >= 4 is 11.3 Å². The molecule has 1 saturated carbocycles. The van der Waals surface area contributed by atoms with Crippen molar-refractivity contribution in [3.8, 4) is 5.19 Å². The fourth-order valence-electron chi connectivity index (χ4n) is 3.64. The highest BCUT2D eigenvalue weighted by molar-refractivity contribution is 7.13. The van der Waals surface area contributed by atoms with Crippen molar-refractivity contribution < 1.29 is 9.13 Å². The van der Waals surface area contributed by atoms with Crippen molar-refractivity contribution in [2.75, 3.05) is 32.9 Å². The standard InChI is InChI=1S/C17H27FN2OS/c18-9-13-21-17-19-15-7-11-20(12-8-16(15)22-17)10-6-14-4-2-1-3-5-14/h14H,1-13H2. The van der Waals surface area contributed by atoms with Gasteiger partial charge in [0.15, 0.2) is 0 Å². The summed E-state index contributed by atoms with van der Waals surface area (Å²) in [7, 11) is 0. The number of thiazole rings is 1. The zero-order valence-corrected chi connectivity index (χ0v) is 14.2. The lowest BCUT2D eigenvalue weighted by Crippen LogP contribution is -2.29. The fourth-order valence-corrected chi connectivity index (χ4v) is 4.61. The number of hydrogen-bond acceptors (Lipinski definition) is 4. The molecule has 0 atom stereocenters. The van der Waals surface area contributed by atoms with Gasteiger partial charge >= 0.3 is 0 Å². The Morgan fingerprint density at radius 3 is 2.82 bits per heavy atom. The van der Waals surface area contributed by atoms with Gasteiger partial charge in [-0.2, -0.15) is 0 Å². The van der Waals surface area contributed by atoms with Gasteiger partial charge in [-0.05, 0) is 25.3 Å². The second-order valence-electron chi connectivity index (χ2n) is 6.52. The Labute approximate surface area is 136 Å². The van der Waals surface area contributed by atoms with Crippen molar-refractivity contribution in [2.45, 2.75) is 51.4 Å². The monoisotopic (exact) mass is 326 g/mol. The highest BCUT2D eigenvalue weighted by atomic mass is 32.1. The van der Waals surface area contributed by atoms with E-state index in [1.807, 2.05) is 0 Å². The Morgan fingerprint density at radius 1 is 1.18 bits per heavy atom. The number of aromatic nitrogens is 1. The van der Waals surface area contributed by atoms with Crippen molar-refractivity contribution in [3.05, 3.63) is 10.6 Å². The highest BCUT2D eigenvalue weighted by Gasteiger charge is 2.20. The van der Waals surface area contributed by atoms with Crippen molar-refractivity contribution in [1.82, 2.24) is 9.88 Å². The number of nitrogens with zero attached hydrogens (tertiary/aromatic N) is 2. The maximum Gasteiger partial charge on any atom is 0.273 e. The van der Waals surface area contributed by atoms with Crippen LogP contribution >= 0.6 is 11.3 Å². The van der Waals surface area contributed by atoms with E-state index in [2.05, 4.69) is 9.88 Å². The molecule has 1 aliphatic carbocycles. The van der Waals surface area contributed by atoms with Gasteiger partial charge in [0.2, 0.25) is 0 Å². The van der Waals surface area contributed by atoms with Crippen LogP contribution in [0, 0.1) is 5.92 Å². The summed E-state index contributed by atoms with van der Waals surface area (Å²) in [5, 5.41) is 0.651. The molecule has 2 heterocycles. The van der Waals surface area contributed by atoms with Crippen molar-refractivity contribution in [3.63, 3.8) is 0 Å². The van der Waals surface area contributed by atoms with E-state index in [1.54, 1.807) is 11.3 Å². The normalized spacial score (nSPS) is 20.6. The first-order valence-corrected chi connectivity index (χ1v) is 9.56. The smallest absolute Gasteiger partial charge is 0.273 e. The summed E-state index contributed by atoms with van der Waals surface area (Å²) in [5.74, 6) is 0.963. The molecule has 0 N–H and O–H groups in total. The molecule has 1 aromatic rings. The number of alkyl halides is 1. The maximum absolute atomic E-state index is 12.2. The topological polar surface area (TPSA) is 25.4 Å². The summed E-state index contributed by atoms with van der Waals surface area (Å²) in [4.78, 5) is 8.48. The van der Waals surface area contributed by atoms with Crippen LogP contribution in [0.15, 0.2) is 0 Å². The maximum atomic E-state index is 12.2. The van der Waals surface area contributed by atoms with E-state index in [0.29, 0.717) is 5.19 Å². The highest BCUT2D eigenvalue weighted by Crippen LogP contribution is 2.29. The Bertz CT molecular complexity index is 434. The van der Waals surface area contributed by atoms with Crippen LogP contribution in [0.5, 0.6) is 5.19 Å². The molecule has 3 nitrogen and oxygen atoms in total. The van der Waals surface area contributed by atoms with Gasteiger partial charge in [-0.1, -0.05) is 43.4 Å². The first-order chi connectivity index (χ1) is 10.8. The van der Waals surface area contributed by atoms with Crippen LogP contribution in [0.1, 0.15) is 49.1 Å². The third-order valence-corrected chi connectivity index (χ3v) is 6.03. The van der Waals surface area contributed by atoms with E-state index in [9.17, 15) is 4.39 Å². The van der Waals surface area contributed by atoms with E-state index >= 15 is 0 Å². The quantitative estimate of drug-likeness (QED) is 0.794. The van der Waals surface area contributed by atoms with Crippen LogP contribution in [0.25, 0.3) is 0 Å². The van der Waals surface area contributed by atoms with Crippen LogP contribution in [0.2, 0.25) is 0 Å². The lowest BCUT2D eigenvalue weighted by atomic mass is 9.87. The molecule has 5 heteroatoms. The second-order valence-corrected chi connectivity index (χ2v) is 7.57. The lowest BCUT2D eigenvalue weighted by molar-refractivity contribution is 0.239. The molecule has 124 valence electrons. The molecular formula is C17H27FN2OS. The molecular weight excluding hydrogens is 299 g/mol. The zero-order chi connectivity index (χ0) is 15.2. The van der Waals surface area contributed by atoms with Gasteiger partial charge in [0.05, 0.1) is 5.69 Å². The molecule has 1 aliphatic heterocycles. The minimum atomic E-state index is -0.445. The minimum absolute atomic E-state index is 0.125. The molecule has 0 saturated heterocycles. The number of rotatable bonds is 6. The third kappa shape index (κ3) is 4.42. The first kappa shape index (κ1) is 16.2. The average Bonchev–Trinajstić information content (AvgIpc) is 2.86. The van der Waals surface area contributed by atoms with Gasteiger partial charge < -0.3 is 9.64 Å². The molecule has 2 aliphatic rings. The summed E-state index contributed by atoms with van der Waals surface area (Å²) >= 11 is 1.61. The Hall–Kier alpha value is -0.680. The number of halogens is 1. The molecule has 1 aromatic heterocycles. The van der Waals surface area contributed by atoms with E-state index in [4.69, 9.17) is 4.74 Å². The molecule has 0 bridgehead atoms. The zero-order valence-electron chi connectivity index (χ0n) is 13.4. The number of hydrogen-bond donors (Lipinski definition) is 0. The molecule has 0 radical (unpaired) electrons. The predicted molar refractivity (Wildman–Crippen MR) is 88.6 cm³/mol. The van der Waals surface area contributed by atoms with Crippen LogP contribution in [0.4, 0.5) is 4.39 Å². The summed E-state index contributed by atoms with van der Waals surface area (Å²) < 4.78 is 17.5. The van der Waals surface area contributed by atoms with Crippen molar-refractivity contribution in [1.29, 1.82) is 0 Å². The van der Waals surface area contributed by atoms with Gasteiger partial charge in [0, 0.05) is 24.4 Å².